The fourth-order valence-corrected chi connectivity index (χ4v) is 1.73. The zero-order valence-corrected chi connectivity index (χ0v) is 7.79. The van der Waals surface area contributed by atoms with Gasteiger partial charge in [-0.15, -0.1) is 0 Å². The average molecular weight is 200 g/mol. The van der Waals surface area contributed by atoms with E-state index in [1.807, 2.05) is 24.3 Å². The van der Waals surface area contributed by atoms with Gasteiger partial charge in [-0.2, -0.15) is 4.98 Å². The molecule has 0 atom stereocenters. The Morgan fingerprint density at radius 3 is 2.67 bits per heavy atom. The number of fused-ring (bicyclic) bond motifs is 3. The van der Waals surface area contributed by atoms with Gasteiger partial charge in [-0.25, -0.2) is 4.68 Å². The quantitative estimate of drug-likeness (QED) is 0.533. The van der Waals surface area contributed by atoms with Crippen LogP contribution in [0.1, 0.15) is 0 Å². The Kier molecular flexibility index (Phi) is 1.39. The van der Waals surface area contributed by atoms with Gasteiger partial charge in [-0.05, 0) is 12.1 Å². The Hall–Kier alpha value is -2.30. The van der Waals surface area contributed by atoms with Crippen LogP contribution >= 0.6 is 0 Å². The van der Waals surface area contributed by atoms with Crippen LogP contribution in [0, 0.1) is 0 Å². The van der Waals surface area contributed by atoms with Crippen molar-refractivity contribution in [3.05, 3.63) is 46.9 Å². The number of hydrogen-bond donors (Lipinski definition) is 1. The van der Waals surface area contributed by atoms with E-state index in [4.69, 9.17) is 5.84 Å². The summed E-state index contributed by atoms with van der Waals surface area (Å²) in [6.07, 6.45) is 1.68. The Morgan fingerprint density at radius 2 is 1.87 bits per heavy atom. The Balaban J connectivity index is 2.69. The van der Waals surface area contributed by atoms with Crippen molar-refractivity contribution in [3.8, 4) is 0 Å². The summed E-state index contributed by atoms with van der Waals surface area (Å²) >= 11 is 0. The number of nitrogen functional groups attached to an aromatic ring is 1. The highest BCUT2D eigenvalue weighted by Crippen LogP contribution is 2.15. The lowest BCUT2D eigenvalue weighted by atomic mass is 10.3. The van der Waals surface area contributed by atoms with E-state index >= 15 is 0 Å². The number of nitrogens with two attached hydrogens (primary N) is 1. The molecule has 5 nitrogen and oxygen atoms in total. The second-order valence-electron chi connectivity index (χ2n) is 3.29. The Morgan fingerprint density at radius 1 is 1.13 bits per heavy atom. The maximum absolute atomic E-state index is 11.1. The van der Waals surface area contributed by atoms with Gasteiger partial charge in [0.2, 0.25) is 5.78 Å². The summed E-state index contributed by atoms with van der Waals surface area (Å²) in [6.45, 7) is 0. The van der Waals surface area contributed by atoms with Crippen LogP contribution in [0.2, 0.25) is 0 Å². The SMILES string of the molecule is Nn1c2ccccc2n2ccc(=O)nc12. The monoisotopic (exact) mass is 200 g/mol. The Labute approximate surface area is 84.4 Å². The third-order valence-electron chi connectivity index (χ3n) is 2.41. The molecule has 0 aliphatic heterocycles. The summed E-state index contributed by atoms with van der Waals surface area (Å²) in [5.41, 5.74) is 1.49. The van der Waals surface area contributed by atoms with Gasteiger partial charge in [0.15, 0.2) is 0 Å². The molecule has 0 saturated heterocycles. The molecule has 0 unspecified atom stereocenters. The molecule has 1 aromatic carbocycles. The summed E-state index contributed by atoms with van der Waals surface area (Å²) < 4.78 is 3.20. The highest BCUT2D eigenvalue weighted by atomic mass is 16.1. The standard InChI is InChI=1S/C10H8N4O/c11-14-8-4-2-1-3-7(8)13-6-5-9(15)12-10(13)14/h1-6H,11H2. The predicted molar refractivity (Wildman–Crippen MR) is 57.1 cm³/mol. The highest BCUT2D eigenvalue weighted by Gasteiger charge is 2.07. The van der Waals surface area contributed by atoms with Crippen molar-refractivity contribution in [2.45, 2.75) is 0 Å². The van der Waals surface area contributed by atoms with Crippen LogP contribution in [0.5, 0.6) is 0 Å². The lowest BCUT2D eigenvalue weighted by molar-refractivity contribution is 0.999. The van der Waals surface area contributed by atoms with E-state index in [1.165, 1.54) is 10.7 Å². The molecule has 0 fully saturated rings. The molecule has 5 heteroatoms. The molecule has 0 aliphatic carbocycles. The number of rotatable bonds is 0. The topological polar surface area (TPSA) is 65.3 Å². The molecule has 74 valence electrons. The molecule has 2 heterocycles. The van der Waals surface area contributed by atoms with Gasteiger partial charge < -0.3 is 5.84 Å². The van der Waals surface area contributed by atoms with Gasteiger partial charge in [0.05, 0.1) is 11.0 Å². The van der Waals surface area contributed by atoms with Gasteiger partial charge in [0, 0.05) is 12.3 Å². The molecule has 2 N–H and O–H groups in total. The normalized spacial score (nSPS) is 11.2. The maximum Gasteiger partial charge on any atom is 0.274 e. The van der Waals surface area contributed by atoms with Gasteiger partial charge >= 0.3 is 0 Å². The summed E-state index contributed by atoms with van der Waals surface area (Å²) in [5, 5.41) is 0. The largest absolute Gasteiger partial charge is 0.336 e. The Bertz CT molecular complexity index is 710. The minimum Gasteiger partial charge on any atom is -0.336 e. The number of aromatic nitrogens is 3. The van der Waals surface area contributed by atoms with Gasteiger partial charge in [-0.1, -0.05) is 12.1 Å². The van der Waals surface area contributed by atoms with Crippen molar-refractivity contribution < 1.29 is 0 Å². The van der Waals surface area contributed by atoms with E-state index in [9.17, 15) is 4.79 Å². The van der Waals surface area contributed by atoms with E-state index in [-0.39, 0.29) is 5.56 Å². The van der Waals surface area contributed by atoms with Crippen LogP contribution in [0.4, 0.5) is 0 Å². The fraction of sp³-hybridized carbons (Fsp3) is 0. The molecule has 0 saturated carbocycles. The van der Waals surface area contributed by atoms with Crippen LogP contribution in [-0.2, 0) is 0 Å². The van der Waals surface area contributed by atoms with Crippen molar-refractivity contribution in [3.63, 3.8) is 0 Å². The smallest absolute Gasteiger partial charge is 0.274 e. The van der Waals surface area contributed by atoms with Gasteiger partial charge in [0.1, 0.15) is 0 Å². The number of hydrogen-bond acceptors (Lipinski definition) is 3. The zero-order valence-electron chi connectivity index (χ0n) is 7.79. The minimum absolute atomic E-state index is 0.287. The molecule has 0 bridgehead atoms. The molecule has 0 spiro atoms. The van der Waals surface area contributed by atoms with Crippen molar-refractivity contribution in [1.29, 1.82) is 0 Å². The number of para-hydroxylation sites is 2. The summed E-state index contributed by atoms with van der Waals surface area (Å²) in [4.78, 5) is 15.0. The first-order valence-corrected chi connectivity index (χ1v) is 4.51. The van der Waals surface area contributed by atoms with Crippen molar-refractivity contribution in [1.82, 2.24) is 14.1 Å². The van der Waals surface area contributed by atoms with E-state index in [1.54, 1.807) is 10.6 Å². The molecule has 3 rings (SSSR count). The van der Waals surface area contributed by atoms with Crippen molar-refractivity contribution >= 4 is 16.8 Å². The van der Waals surface area contributed by atoms with Crippen LogP contribution in [0.25, 0.3) is 16.8 Å². The summed E-state index contributed by atoms with van der Waals surface area (Å²) in [7, 11) is 0. The average Bonchev–Trinajstić information content (AvgIpc) is 2.54. The van der Waals surface area contributed by atoms with Crippen LogP contribution < -0.4 is 11.4 Å². The van der Waals surface area contributed by atoms with Crippen LogP contribution in [0.3, 0.4) is 0 Å². The third kappa shape index (κ3) is 0.969. The van der Waals surface area contributed by atoms with Crippen molar-refractivity contribution in [2.24, 2.45) is 0 Å². The molecule has 3 aromatic rings. The number of benzene rings is 1. The second kappa shape index (κ2) is 2.60. The van der Waals surface area contributed by atoms with E-state index in [0.717, 1.165) is 11.0 Å². The summed E-state index contributed by atoms with van der Waals surface area (Å²) in [6, 6.07) is 9.04. The number of nitrogens with zero attached hydrogens (tertiary/aromatic N) is 3. The first kappa shape index (κ1) is 8.05. The first-order chi connectivity index (χ1) is 7.27. The lowest BCUT2D eigenvalue weighted by Gasteiger charge is -1.93. The fourth-order valence-electron chi connectivity index (χ4n) is 1.73. The molecular weight excluding hydrogens is 192 g/mol. The molecule has 0 amide bonds. The van der Waals surface area contributed by atoms with Crippen LogP contribution in [0.15, 0.2) is 41.3 Å². The van der Waals surface area contributed by atoms with Crippen molar-refractivity contribution in [2.75, 3.05) is 5.84 Å². The summed E-state index contributed by atoms with van der Waals surface area (Å²) in [5.74, 6) is 6.29. The predicted octanol–water partition coefficient (Wildman–Crippen LogP) is 0.363. The maximum atomic E-state index is 11.1. The highest BCUT2D eigenvalue weighted by molar-refractivity contribution is 5.80. The minimum atomic E-state index is -0.287. The molecule has 2 aromatic heterocycles. The molecule has 0 radical (unpaired) electrons. The van der Waals surface area contributed by atoms with Gasteiger partial charge in [-0.3, -0.25) is 9.20 Å². The first-order valence-electron chi connectivity index (χ1n) is 4.51. The molecular formula is C10H8N4O. The van der Waals surface area contributed by atoms with Gasteiger partial charge in [0.25, 0.3) is 5.56 Å². The molecule has 15 heavy (non-hydrogen) atoms. The zero-order chi connectivity index (χ0) is 10.4. The lowest BCUT2D eigenvalue weighted by Crippen LogP contribution is -2.13. The van der Waals surface area contributed by atoms with Crippen LogP contribution in [-0.4, -0.2) is 14.1 Å². The number of imidazole rings is 1. The third-order valence-corrected chi connectivity index (χ3v) is 2.41. The van der Waals surface area contributed by atoms with E-state index < -0.39 is 0 Å². The van der Waals surface area contributed by atoms with E-state index in [2.05, 4.69) is 4.98 Å². The second-order valence-corrected chi connectivity index (χ2v) is 3.29. The van der Waals surface area contributed by atoms with E-state index in [0.29, 0.717) is 5.78 Å². The molecule has 0 aliphatic rings.